The van der Waals surface area contributed by atoms with Gasteiger partial charge in [-0.1, -0.05) is 17.7 Å². The molecule has 21 heavy (non-hydrogen) atoms. The third-order valence-corrected chi connectivity index (χ3v) is 4.45. The first-order valence-electron chi connectivity index (χ1n) is 5.98. The number of nitrogens with zero attached hydrogens (tertiary/aromatic N) is 1. The van der Waals surface area contributed by atoms with Crippen LogP contribution in [0.1, 0.15) is 6.92 Å². The summed E-state index contributed by atoms with van der Waals surface area (Å²) in [5, 5.41) is 2.72. The summed E-state index contributed by atoms with van der Waals surface area (Å²) in [5.74, 6) is 1.92. The number of aromatic nitrogens is 1. The van der Waals surface area contributed by atoms with E-state index in [0.29, 0.717) is 0 Å². The van der Waals surface area contributed by atoms with Crippen LogP contribution in [0.25, 0.3) is 10.2 Å². The number of ether oxygens (including phenoxy) is 1. The van der Waals surface area contributed by atoms with Gasteiger partial charge in [0.1, 0.15) is 0 Å². The van der Waals surface area contributed by atoms with E-state index in [1.165, 1.54) is 30.0 Å². The molecule has 0 saturated heterocycles. The van der Waals surface area contributed by atoms with Gasteiger partial charge in [0.25, 0.3) is 0 Å². The Morgan fingerprint density at radius 1 is 1.52 bits per heavy atom. The van der Waals surface area contributed by atoms with Crippen molar-refractivity contribution < 1.29 is 14.3 Å². The molecule has 0 bridgehead atoms. The molecule has 0 saturated carbocycles. The van der Waals surface area contributed by atoms with Crippen LogP contribution in [-0.2, 0) is 14.3 Å². The Labute approximate surface area is 130 Å². The molecule has 0 unspecified atom stereocenters. The predicted octanol–water partition coefficient (Wildman–Crippen LogP) is 2.52. The molecule has 1 N–H and O–H groups in total. The first-order chi connectivity index (χ1) is 10.1. The lowest BCUT2D eigenvalue weighted by Gasteiger charge is -1.99. The number of carbonyl (C=O) groups is 2. The Kier molecular flexibility index (Phi) is 5.20. The highest BCUT2D eigenvalue weighted by Crippen LogP contribution is 2.31. The number of thiazole rings is 1. The molecule has 0 spiro atoms. The number of rotatable bonds is 5. The van der Waals surface area contributed by atoms with Gasteiger partial charge >= 0.3 is 5.97 Å². The molecule has 0 radical (unpaired) electrons. The number of hydrogen-bond donors (Lipinski definition) is 1. The van der Waals surface area contributed by atoms with Gasteiger partial charge in [0.05, 0.1) is 16.0 Å². The fourth-order valence-electron chi connectivity index (χ4n) is 1.53. The van der Waals surface area contributed by atoms with E-state index in [2.05, 4.69) is 16.2 Å². The zero-order valence-electron chi connectivity index (χ0n) is 11.2. The summed E-state index contributed by atoms with van der Waals surface area (Å²) in [7, 11) is 0. The highest BCUT2D eigenvalue weighted by atomic mass is 32.2. The van der Waals surface area contributed by atoms with Gasteiger partial charge < -0.3 is 10.1 Å². The maximum atomic E-state index is 11.4. The molecule has 1 heterocycles. The largest absolute Gasteiger partial charge is 0.452 e. The van der Waals surface area contributed by atoms with E-state index in [4.69, 9.17) is 11.2 Å². The second kappa shape index (κ2) is 7.11. The van der Waals surface area contributed by atoms with E-state index < -0.39 is 0 Å². The third-order valence-electron chi connectivity index (χ3n) is 2.32. The van der Waals surface area contributed by atoms with E-state index in [-0.39, 0.29) is 24.2 Å². The van der Waals surface area contributed by atoms with Crippen molar-refractivity contribution >= 4 is 50.9 Å². The molecule has 0 fully saturated rings. The number of benzene rings is 1. The summed E-state index contributed by atoms with van der Waals surface area (Å²) in [6.45, 7) is 1.44. The number of fused-ring (bicyclic) bond motifs is 1. The van der Waals surface area contributed by atoms with Crippen molar-refractivity contribution in [1.82, 2.24) is 4.98 Å². The third kappa shape index (κ3) is 4.48. The van der Waals surface area contributed by atoms with E-state index in [1.54, 1.807) is 6.07 Å². The molecule has 0 aliphatic carbocycles. The number of esters is 1. The molecule has 2 aromatic rings. The summed E-state index contributed by atoms with van der Waals surface area (Å²) in [5.41, 5.74) is 1.55. The standard InChI is InChI=1S/C14H12N2O3S2/c1-3-6-19-13(18)8-20-14-16-11-5-4-10(15-9(2)17)7-12(11)21-14/h1,4-5,7H,6,8H2,2H3,(H,15,17). The zero-order chi connectivity index (χ0) is 15.2. The molecule has 0 aliphatic rings. The number of hydrogen-bond acceptors (Lipinski definition) is 6. The minimum Gasteiger partial charge on any atom is -0.452 e. The number of anilines is 1. The number of nitrogens with one attached hydrogen (secondary N) is 1. The fraction of sp³-hybridized carbons (Fsp3) is 0.214. The van der Waals surface area contributed by atoms with Gasteiger partial charge in [0.15, 0.2) is 10.9 Å². The first kappa shape index (κ1) is 15.4. The summed E-state index contributed by atoms with van der Waals surface area (Å²) in [6.07, 6.45) is 5.01. The predicted molar refractivity (Wildman–Crippen MR) is 84.4 cm³/mol. The van der Waals surface area contributed by atoms with Crippen LogP contribution in [0.2, 0.25) is 0 Å². The summed E-state index contributed by atoms with van der Waals surface area (Å²) >= 11 is 2.76. The van der Waals surface area contributed by atoms with Crippen molar-refractivity contribution in [2.75, 3.05) is 17.7 Å². The van der Waals surface area contributed by atoms with Crippen LogP contribution in [-0.4, -0.2) is 29.2 Å². The lowest BCUT2D eigenvalue weighted by Crippen LogP contribution is -2.06. The van der Waals surface area contributed by atoms with Crippen molar-refractivity contribution in [3.05, 3.63) is 18.2 Å². The number of terminal acetylenes is 1. The normalized spacial score (nSPS) is 10.1. The molecule has 1 aromatic heterocycles. The number of thioether (sulfide) groups is 1. The van der Waals surface area contributed by atoms with Gasteiger partial charge in [-0.25, -0.2) is 4.98 Å². The maximum Gasteiger partial charge on any atom is 0.317 e. The Hall–Kier alpha value is -2.04. The monoisotopic (exact) mass is 320 g/mol. The Morgan fingerprint density at radius 2 is 2.33 bits per heavy atom. The Balaban J connectivity index is 2.03. The molecule has 1 aromatic carbocycles. The summed E-state index contributed by atoms with van der Waals surface area (Å²) in [4.78, 5) is 26.8. The molecule has 108 valence electrons. The van der Waals surface area contributed by atoms with Gasteiger partial charge in [0, 0.05) is 12.6 Å². The maximum absolute atomic E-state index is 11.4. The van der Waals surface area contributed by atoms with Gasteiger partial charge in [-0.2, -0.15) is 0 Å². The van der Waals surface area contributed by atoms with Crippen molar-refractivity contribution in [3.8, 4) is 12.3 Å². The van der Waals surface area contributed by atoms with Gasteiger partial charge in [0.2, 0.25) is 5.91 Å². The summed E-state index contributed by atoms with van der Waals surface area (Å²) in [6, 6.07) is 5.48. The van der Waals surface area contributed by atoms with Gasteiger partial charge in [-0.05, 0) is 18.2 Å². The Bertz CT molecular complexity index is 719. The number of carbonyl (C=O) groups excluding carboxylic acids is 2. The lowest BCUT2D eigenvalue weighted by atomic mass is 10.3. The second-order valence-corrected chi connectivity index (χ2v) is 6.25. The van der Waals surface area contributed by atoms with E-state index in [1.807, 2.05) is 12.1 Å². The average molecular weight is 320 g/mol. The van der Waals surface area contributed by atoms with Crippen molar-refractivity contribution in [2.24, 2.45) is 0 Å². The first-order valence-corrected chi connectivity index (χ1v) is 7.79. The van der Waals surface area contributed by atoms with Gasteiger partial charge in [-0.15, -0.1) is 17.8 Å². The molecule has 1 amide bonds. The second-order valence-electron chi connectivity index (χ2n) is 4.00. The molecule has 0 aliphatic heterocycles. The van der Waals surface area contributed by atoms with Crippen LogP contribution in [0.4, 0.5) is 5.69 Å². The minimum absolute atomic E-state index is 0.0146. The zero-order valence-corrected chi connectivity index (χ0v) is 12.8. The quantitative estimate of drug-likeness (QED) is 0.521. The van der Waals surface area contributed by atoms with Crippen molar-refractivity contribution in [2.45, 2.75) is 11.3 Å². The highest BCUT2D eigenvalue weighted by molar-refractivity contribution is 8.01. The highest BCUT2D eigenvalue weighted by Gasteiger charge is 2.09. The van der Waals surface area contributed by atoms with Crippen molar-refractivity contribution in [1.29, 1.82) is 0 Å². The van der Waals surface area contributed by atoms with Crippen LogP contribution in [0, 0.1) is 12.3 Å². The van der Waals surface area contributed by atoms with E-state index >= 15 is 0 Å². The molecule has 2 rings (SSSR count). The van der Waals surface area contributed by atoms with E-state index in [9.17, 15) is 9.59 Å². The van der Waals surface area contributed by atoms with Crippen LogP contribution in [0.3, 0.4) is 0 Å². The minimum atomic E-state index is -0.365. The SMILES string of the molecule is C#CCOC(=O)CSc1nc2ccc(NC(C)=O)cc2s1. The van der Waals surface area contributed by atoms with Crippen molar-refractivity contribution in [3.63, 3.8) is 0 Å². The molecular formula is C14H12N2O3S2. The van der Waals surface area contributed by atoms with E-state index in [0.717, 1.165) is 20.2 Å². The Morgan fingerprint density at radius 3 is 3.05 bits per heavy atom. The average Bonchev–Trinajstić information content (AvgIpc) is 2.84. The smallest absolute Gasteiger partial charge is 0.317 e. The summed E-state index contributed by atoms with van der Waals surface area (Å²) < 4.78 is 6.49. The van der Waals surface area contributed by atoms with Crippen LogP contribution >= 0.6 is 23.1 Å². The number of amides is 1. The fourth-order valence-corrected chi connectivity index (χ4v) is 3.44. The molecular weight excluding hydrogens is 308 g/mol. The lowest BCUT2D eigenvalue weighted by molar-refractivity contribution is -0.138. The molecule has 7 heteroatoms. The molecule has 0 atom stereocenters. The van der Waals surface area contributed by atoms with Gasteiger partial charge in [-0.3, -0.25) is 9.59 Å². The van der Waals surface area contributed by atoms with Crippen LogP contribution in [0.5, 0.6) is 0 Å². The van der Waals surface area contributed by atoms with Crippen LogP contribution < -0.4 is 5.32 Å². The topological polar surface area (TPSA) is 68.3 Å². The van der Waals surface area contributed by atoms with Crippen LogP contribution in [0.15, 0.2) is 22.5 Å². The molecule has 5 nitrogen and oxygen atoms in total.